The molecule has 1 aliphatic carbocycles. The zero-order chi connectivity index (χ0) is 13.4. The van der Waals surface area contributed by atoms with Crippen LogP contribution in [0.3, 0.4) is 0 Å². The van der Waals surface area contributed by atoms with Gasteiger partial charge in [-0.1, -0.05) is 35.8 Å². The molecule has 2 aromatic rings. The molecule has 0 bridgehead atoms. The van der Waals surface area contributed by atoms with Crippen molar-refractivity contribution in [1.82, 2.24) is 4.98 Å². The largest absolute Gasteiger partial charge is 0.302 e. The Kier molecular flexibility index (Phi) is 3.46. The number of thiazole rings is 1. The van der Waals surface area contributed by atoms with Gasteiger partial charge >= 0.3 is 0 Å². The molecular weight excluding hydrogens is 280 g/mol. The lowest BCUT2D eigenvalue weighted by atomic mass is 10.1. The molecule has 3 nitrogen and oxygen atoms in total. The van der Waals surface area contributed by atoms with E-state index in [9.17, 15) is 4.79 Å². The van der Waals surface area contributed by atoms with Crippen LogP contribution < -0.4 is 5.32 Å². The average molecular weight is 295 g/mol. The van der Waals surface area contributed by atoms with Crippen molar-refractivity contribution in [3.05, 3.63) is 22.7 Å². The lowest BCUT2D eigenvalue weighted by Crippen LogP contribution is -2.20. The molecule has 1 heterocycles. The number of aromatic nitrogens is 1. The van der Waals surface area contributed by atoms with Crippen molar-refractivity contribution in [2.24, 2.45) is 5.92 Å². The van der Waals surface area contributed by atoms with Crippen LogP contribution in [-0.2, 0) is 4.79 Å². The number of nitrogens with zero attached hydrogens (tertiary/aromatic N) is 1. The maximum Gasteiger partial charge on any atom is 0.229 e. The first-order valence-corrected chi connectivity index (χ1v) is 7.71. The topological polar surface area (TPSA) is 42.0 Å². The van der Waals surface area contributed by atoms with E-state index in [2.05, 4.69) is 10.3 Å². The molecule has 0 atom stereocenters. The molecule has 0 unspecified atom stereocenters. The van der Waals surface area contributed by atoms with Crippen molar-refractivity contribution < 1.29 is 4.79 Å². The first-order valence-electron chi connectivity index (χ1n) is 6.51. The Bertz CT molecular complexity index is 632. The van der Waals surface area contributed by atoms with E-state index in [-0.39, 0.29) is 11.8 Å². The van der Waals surface area contributed by atoms with Gasteiger partial charge in [-0.2, -0.15) is 0 Å². The number of carbonyl (C=O) groups excluding carboxylic acids is 1. The maximum atomic E-state index is 12.1. The van der Waals surface area contributed by atoms with Crippen molar-refractivity contribution in [3.63, 3.8) is 0 Å². The quantitative estimate of drug-likeness (QED) is 0.892. The summed E-state index contributed by atoms with van der Waals surface area (Å²) in [6, 6.07) is 3.83. The van der Waals surface area contributed by atoms with Crippen LogP contribution in [0.1, 0.15) is 31.2 Å². The van der Waals surface area contributed by atoms with Crippen molar-refractivity contribution >= 4 is 44.2 Å². The summed E-state index contributed by atoms with van der Waals surface area (Å²) in [4.78, 5) is 16.6. The van der Waals surface area contributed by atoms with E-state index in [1.54, 1.807) is 0 Å². The molecule has 19 heavy (non-hydrogen) atoms. The van der Waals surface area contributed by atoms with Crippen LogP contribution in [0.25, 0.3) is 10.2 Å². The molecule has 5 heteroatoms. The molecule has 1 aromatic heterocycles. The van der Waals surface area contributed by atoms with Gasteiger partial charge in [-0.3, -0.25) is 4.79 Å². The summed E-state index contributed by atoms with van der Waals surface area (Å²) < 4.78 is 1.06. The highest BCUT2D eigenvalue weighted by Gasteiger charge is 2.23. The number of halogens is 1. The van der Waals surface area contributed by atoms with Gasteiger partial charge in [-0.25, -0.2) is 4.98 Å². The molecule has 0 radical (unpaired) electrons. The first-order chi connectivity index (χ1) is 9.15. The third-order valence-electron chi connectivity index (χ3n) is 3.70. The third kappa shape index (κ3) is 2.47. The fraction of sp³-hybridized carbons (Fsp3) is 0.429. The maximum absolute atomic E-state index is 12.1. The minimum atomic E-state index is 0.111. The van der Waals surface area contributed by atoms with E-state index in [0.29, 0.717) is 10.2 Å². The Hall–Kier alpha value is -1.13. The molecule has 1 amide bonds. The minimum Gasteiger partial charge on any atom is -0.302 e. The predicted octanol–water partition coefficient (Wildman–Crippen LogP) is 4.39. The Morgan fingerprint density at radius 3 is 2.89 bits per heavy atom. The normalized spacial score (nSPS) is 16.1. The summed E-state index contributed by atoms with van der Waals surface area (Å²) in [6.45, 7) is 1.95. The summed E-state index contributed by atoms with van der Waals surface area (Å²) in [5.41, 5.74) is 1.86. The number of hydrogen-bond donors (Lipinski definition) is 1. The van der Waals surface area contributed by atoms with Crippen molar-refractivity contribution in [2.45, 2.75) is 32.6 Å². The summed E-state index contributed by atoms with van der Waals surface area (Å²) in [7, 11) is 0. The number of carbonyl (C=O) groups is 1. The molecule has 1 saturated carbocycles. The van der Waals surface area contributed by atoms with E-state index in [1.165, 1.54) is 11.3 Å². The molecule has 1 aromatic carbocycles. The van der Waals surface area contributed by atoms with E-state index >= 15 is 0 Å². The van der Waals surface area contributed by atoms with Gasteiger partial charge in [0.15, 0.2) is 5.13 Å². The number of aryl methyl sites for hydroxylation is 1. The average Bonchev–Trinajstić information content (AvgIpc) is 3.02. The molecule has 0 saturated heterocycles. The zero-order valence-electron chi connectivity index (χ0n) is 10.7. The molecule has 0 spiro atoms. The summed E-state index contributed by atoms with van der Waals surface area (Å²) in [6.07, 6.45) is 4.32. The number of fused-ring (bicyclic) bond motifs is 1. The van der Waals surface area contributed by atoms with Gasteiger partial charge in [-0.15, -0.1) is 0 Å². The molecule has 3 rings (SSSR count). The molecular formula is C14H15ClN2OS. The first kappa shape index (κ1) is 12.9. The number of amides is 1. The minimum absolute atomic E-state index is 0.111. The summed E-state index contributed by atoms with van der Waals surface area (Å²) in [5, 5.41) is 4.34. The third-order valence-corrected chi connectivity index (χ3v) is 5.05. The zero-order valence-corrected chi connectivity index (χ0v) is 12.3. The van der Waals surface area contributed by atoms with E-state index < -0.39 is 0 Å². The lowest BCUT2D eigenvalue weighted by Gasteiger charge is -2.07. The van der Waals surface area contributed by atoms with Crippen LogP contribution in [0, 0.1) is 12.8 Å². The molecule has 1 aliphatic rings. The predicted molar refractivity (Wildman–Crippen MR) is 80.0 cm³/mol. The SMILES string of the molecule is Cc1c(Cl)ccc2sc(NC(=O)C3CCCC3)nc12. The van der Waals surface area contributed by atoms with Crippen LogP contribution in [0.4, 0.5) is 5.13 Å². The Balaban J connectivity index is 1.85. The van der Waals surface area contributed by atoms with Gasteiger partial charge in [0.25, 0.3) is 0 Å². The van der Waals surface area contributed by atoms with Crippen molar-refractivity contribution in [1.29, 1.82) is 0 Å². The van der Waals surface area contributed by atoms with Gasteiger partial charge in [0.2, 0.25) is 5.91 Å². The molecule has 1 fully saturated rings. The number of nitrogens with one attached hydrogen (secondary N) is 1. The van der Waals surface area contributed by atoms with Crippen LogP contribution in [-0.4, -0.2) is 10.9 Å². The molecule has 100 valence electrons. The van der Waals surface area contributed by atoms with E-state index in [1.807, 2.05) is 19.1 Å². The monoisotopic (exact) mass is 294 g/mol. The van der Waals surface area contributed by atoms with Gasteiger partial charge in [-0.05, 0) is 37.5 Å². The highest BCUT2D eigenvalue weighted by molar-refractivity contribution is 7.22. The lowest BCUT2D eigenvalue weighted by molar-refractivity contribution is -0.119. The van der Waals surface area contributed by atoms with Gasteiger partial charge in [0.1, 0.15) is 0 Å². The fourth-order valence-electron chi connectivity index (χ4n) is 2.55. The van der Waals surface area contributed by atoms with Crippen LogP contribution >= 0.6 is 22.9 Å². The number of benzene rings is 1. The number of anilines is 1. The second kappa shape index (κ2) is 5.10. The smallest absolute Gasteiger partial charge is 0.229 e. The molecule has 0 aliphatic heterocycles. The summed E-state index contributed by atoms with van der Waals surface area (Å²) >= 11 is 7.59. The number of rotatable bonds is 2. The van der Waals surface area contributed by atoms with E-state index in [4.69, 9.17) is 11.6 Å². The standard InChI is InChI=1S/C14H15ClN2OS/c1-8-10(15)6-7-11-12(8)16-14(19-11)17-13(18)9-4-2-3-5-9/h6-7,9H,2-5H2,1H3,(H,16,17,18). The van der Waals surface area contributed by atoms with Crippen LogP contribution in [0.5, 0.6) is 0 Å². The summed E-state index contributed by atoms with van der Waals surface area (Å²) in [5.74, 6) is 0.275. The van der Waals surface area contributed by atoms with E-state index in [0.717, 1.165) is 41.5 Å². The van der Waals surface area contributed by atoms with Crippen molar-refractivity contribution in [3.8, 4) is 0 Å². The molecule has 1 N–H and O–H groups in total. The Labute approximate surface area is 121 Å². The Morgan fingerprint density at radius 2 is 2.16 bits per heavy atom. The van der Waals surface area contributed by atoms with Gasteiger partial charge < -0.3 is 5.32 Å². The number of hydrogen-bond acceptors (Lipinski definition) is 3. The highest BCUT2D eigenvalue weighted by Crippen LogP contribution is 2.32. The second-order valence-corrected chi connectivity index (χ2v) is 6.45. The van der Waals surface area contributed by atoms with Crippen LogP contribution in [0.15, 0.2) is 12.1 Å². The second-order valence-electron chi connectivity index (χ2n) is 5.01. The van der Waals surface area contributed by atoms with Gasteiger partial charge in [0, 0.05) is 10.9 Å². The van der Waals surface area contributed by atoms with Crippen LogP contribution in [0.2, 0.25) is 5.02 Å². The highest BCUT2D eigenvalue weighted by atomic mass is 35.5. The Morgan fingerprint density at radius 1 is 1.42 bits per heavy atom. The van der Waals surface area contributed by atoms with Gasteiger partial charge in [0.05, 0.1) is 10.2 Å². The fourth-order valence-corrected chi connectivity index (χ4v) is 3.63. The van der Waals surface area contributed by atoms with Crippen molar-refractivity contribution in [2.75, 3.05) is 5.32 Å².